The number of halogens is 2. The third-order valence-electron chi connectivity index (χ3n) is 1.88. The zero-order chi connectivity index (χ0) is 8.55. The third kappa shape index (κ3) is 1.67. The Morgan fingerprint density at radius 1 is 1.58 bits per heavy atom. The highest BCUT2D eigenvalue weighted by Crippen LogP contribution is 2.25. The lowest BCUT2D eigenvalue weighted by Gasteiger charge is -2.01. The molecule has 1 atom stereocenters. The van der Waals surface area contributed by atoms with Crippen LogP contribution < -0.4 is 0 Å². The predicted molar refractivity (Wildman–Crippen MR) is 47.5 cm³/mol. The van der Waals surface area contributed by atoms with E-state index in [4.69, 9.17) is 4.74 Å². The summed E-state index contributed by atoms with van der Waals surface area (Å²) in [7, 11) is 0. The Morgan fingerprint density at radius 3 is 3.00 bits per heavy atom. The Balaban J connectivity index is 2.23. The number of rotatable bonds is 2. The summed E-state index contributed by atoms with van der Waals surface area (Å²) in [5, 5.41) is 0. The van der Waals surface area contributed by atoms with Crippen molar-refractivity contribution in [3.05, 3.63) is 34.1 Å². The summed E-state index contributed by atoms with van der Waals surface area (Å²) in [6, 6.07) is 5.08. The molecule has 1 aliphatic heterocycles. The smallest absolute Gasteiger partial charge is 0.137 e. The van der Waals surface area contributed by atoms with E-state index in [1.165, 1.54) is 6.07 Å². The molecular formula is C9H8BrFO. The van der Waals surface area contributed by atoms with Crippen molar-refractivity contribution < 1.29 is 9.13 Å². The summed E-state index contributed by atoms with van der Waals surface area (Å²) in [5.41, 5.74) is 0.984. The van der Waals surface area contributed by atoms with Crippen LogP contribution in [0.25, 0.3) is 0 Å². The molecule has 0 N–H and O–H groups in total. The lowest BCUT2D eigenvalue weighted by Crippen LogP contribution is -1.95. The van der Waals surface area contributed by atoms with E-state index >= 15 is 0 Å². The topological polar surface area (TPSA) is 12.5 Å². The van der Waals surface area contributed by atoms with Gasteiger partial charge in [-0.2, -0.15) is 0 Å². The average molecular weight is 231 g/mol. The van der Waals surface area contributed by atoms with Crippen LogP contribution in [-0.4, -0.2) is 12.7 Å². The molecule has 64 valence electrons. The number of ether oxygens (including phenoxy) is 1. The van der Waals surface area contributed by atoms with Crippen LogP contribution in [0.1, 0.15) is 5.56 Å². The second-order valence-electron chi connectivity index (χ2n) is 2.87. The lowest BCUT2D eigenvalue weighted by molar-refractivity contribution is 0.407. The van der Waals surface area contributed by atoms with E-state index < -0.39 is 0 Å². The number of hydrogen-bond donors (Lipinski definition) is 0. The fourth-order valence-electron chi connectivity index (χ4n) is 1.14. The van der Waals surface area contributed by atoms with Gasteiger partial charge in [0.2, 0.25) is 0 Å². The van der Waals surface area contributed by atoms with Gasteiger partial charge in [-0.25, -0.2) is 4.39 Å². The first-order valence-corrected chi connectivity index (χ1v) is 4.61. The van der Waals surface area contributed by atoms with E-state index in [1.54, 1.807) is 6.07 Å². The molecule has 1 nitrogen and oxygen atoms in total. The average Bonchev–Trinajstić information content (AvgIpc) is 2.83. The molecule has 0 spiro atoms. The molecule has 3 heteroatoms. The van der Waals surface area contributed by atoms with Gasteiger partial charge in [0, 0.05) is 6.42 Å². The monoisotopic (exact) mass is 230 g/mol. The molecule has 1 unspecified atom stereocenters. The standard InChI is InChI=1S/C9H8BrFO/c10-9-6(4-7-5-12-7)2-1-3-8(9)11/h1-3,7H,4-5H2. The minimum absolute atomic E-state index is 0.201. The van der Waals surface area contributed by atoms with Crippen LogP contribution in [0, 0.1) is 5.82 Å². The van der Waals surface area contributed by atoms with E-state index in [1.807, 2.05) is 6.07 Å². The summed E-state index contributed by atoms with van der Waals surface area (Å²) in [6.45, 7) is 0.808. The third-order valence-corrected chi connectivity index (χ3v) is 2.77. The van der Waals surface area contributed by atoms with Crippen molar-refractivity contribution in [2.75, 3.05) is 6.61 Å². The zero-order valence-corrected chi connectivity index (χ0v) is 7.97. The zero-order valence-electron chi connectivity index (χ0n) is 6.39. The van der Waals surface area contributed by atoms with Crippen LogP contribution in [0.5, 0.6) is 0 Å². The summed E-state index contributed by atoms with van der Waals surface area (Å²) < 4.78 is 18.6. The van der Waals surface area contributed by atoms with E-state index in [-0.39, 0.29) is 5.82 Å². The highest BCUT2D eigenvalue weighted by molar-refractivity contribution is 9.10. The van der Waals surface area contributed by atoms with Crippen LogP contribution in [0.4, 0.5) is 4.39 Å². The molecule has 0 aromatic heterocycles. The summed E-state index contributed by atoms with van der Waals surface area (Å²) >= 11 is 3.21. The number of benzene rings is 1. The molecule has 0 radical (unpaired) electrons. The van der Waals surface area contributed by atoms with Gasteiger partial charge in [0.25, 0.3) is 0 Å². The Labute approximate surface area is 78.7 Å². The van der Waals surface area contributed by atoms with Gasteiger partial charge < -0.3 is 4.74 Å². The predicted octanol–water partition coefficient (Wildman–Crippen LogP) is 2.53. The molecule has 0 saturated carbocycles. The summed E-state index contributed by atoms with van der Waals surface area (Å²) in [6.07, 6.45) is 1.11. The largest absolute Gasteiger partial charge is 0.373 e. The molecular weight excluding hydrogens is 223 g/mol. The SMILES string of the molecule is Fc1cccc(CC2CO2)c1Br. The highest BCUT2D eigenvalue weighted by atomic mass is 79.9. The van der Waals surface area contributed by atoms with Crippen molar-refractivity contribution in [2.24, 2.45) is 0 Å². The first kappa shape index (κ1) is 8.20. The fraction of sp³-hybridized carbons (Fsp3) is 0.333. The molecule has 1 fully saturated rings. The fourth-order valence-corrected chi connectivity index (χ4v) is 1.56. The van der Waals surface area contributed by atoms with Crippen molar-refractivity contribution >= 4 is 15.9 Å². The van der Waals surface area contributed by atoms with Crippen molar-refractivity contribution in [1.82, 2.24) is 0 Å². The van der Waals surface area contributed by atoms with Crippen LogP contribution in [-0.2, 0) is 11.2 Å². The quantitative estimate of drug-likeness (QED) is 0.712. The molecule has 1 saturated heterocycles. The van der Waals surface area contributed by atoms with Gasteiger partial charge >= 0.3 is 0 Å². The van der Waals surface area contributed by atoms with Crippen LogP contribution in [0.3, 0.4) is 0 Å². The van der Waals surface area contributed by atoms with E-state index in [0.717, 1.165) is 18.6 Å². The number of epoxide rings is 1. The summed E-state index contributed by atoms with van der Waals surface area (Å²) in [4.78, 5) is 0. The molecule has 2 rings (SSSR count). The first-order valence-electron chi connectivity index (χ1n) is 3.82. The maximum Gasteiger partial charge on any atom is 0.137 e. The van der Waals surface area contributed by atoms with Crippen molar-refractivity contribution in [2.45, 2.75) is 12.5 Å². The Bertz CT molecular complexity index is 297. The van der Waals surface area contributed by atoms with E-state index in [9.17, 15) is 4.39 Å². The molecule has 1 heterocycles. The van der Waals surface area contributed by atoms with Gasteiger partial charge in [0.15, 0.2) is 0 Å². The van der Waals surface area contributed by atoms with Gasteiger partial charge in [-0.3, -0.25) is 0 Å². The number of hydrogen-bond acceptors (Lipinski definition) is 1. The molecule has 1 aromatic carbocycles. The highest BCUT2D eigenvalue weighted by Gasteiger charge is 2.23. The van der Waals surface area contributed by atoms with Crippen molar-refractivity contribution in [3.63, 3.8) is 0 Å². The van der Waals surface area contributed by atoms with Gasteiger partial charge in [0.05, 0.1) is 17.2 Å². The molecule has 0 bridgehead atoms. The van der Waals surface area contributed by atoms with Gasteiger partial charge in [-0.15, -0.1) is 0 Å². The Kier molecular flexibility index (Phi) is 2.15. The van der Waals surface area contributed by atoms with Gasteiger partial charge in [-0.1, -0.05) is 12.1 Å². The normalized spacial score (nSPS) is 21.0. The minimum Gasteiger partial charge on any atom is -0.373 e. The van der Waals surface area contributed by atoms with Crippen LogP contribution in [0.15, 0.2) is 22.7 Å². The molecule has 12 heavy (non-hydrogen) atoms. The molecule has 1 aliphatic rings. The molecule has 0 amide bonds. The summed E-state index contributed by atoms with van der Waals surface area (Å²) in [5.74, 6) is -0.201. The second kappa shape index (κ2) is 3.15. The Hall–Kier alpha value is -0.410. The maximum atomic E-state index is 13.0. The van der Waals surface area contributed by atoms with Gasteiger partial charge in [-0.05, 0) is 27.6 Å². The molecule has 1 aromatic rings. The second-order valence-corrected chi connectivity index (χ2v) is 3.67. The minimum atomic E-state index is -0.201. The van der Waals surface area contributed by atoms with Crippen molar-refractivity contribution in [1.29, 1.82) is 0 Å². The lowest BCUT2D eigenvalue weighted by atomic mass is 10.1. The Morgan fingerprint density at radius 2 is 2.33 bits per heavy atom. The first-order chi connectivity index (χ1) is 5.77. The maximum absolute atomic E-state index is 13.0. The van der Waals surface area contributed by atoms with Gasteiger partial charge in [0.1, 0.15) is 5.82 Å². The molecule has 0 aliphatic carbocycles. The van der Waals surface area contributed by atoms with Crippen molar-refractivity contribution in [3.8, 4) is 0 Å². The van der Waals surface area contributed by atoms with E-state index in [0.29, 0.717) is 10.6 Å². The van der Waals surface area contributed by atoms with Crippen LogP contribution in [0.2, 0.25) is 0 Å². The van der Waals surface area contributed by atoms with Crippen LogP contribution >= 0.6 is 15.9 Å². The van der Waals surface area contributed by atoms with E-state index in [2.05, 4.69) is 15.9 Å².